The summed E-state index contributed by atoms with van der Waals surface area (Å²) in [5.41, 5.74) is 5.97. The number of piperidine rings is 1. The van der Waals surface area contributed by atoms with E-state index in [4.69, 9.17) is 4.98 Å². The van der Waals surface area contributed by atoms with Crippen LogP contribution in [0.25, 0.3) is 16.8 Å². The van der Waals surface area contributed by atoms with Crippen LogP contribution in [0.15, 0.2) is 54.9 Å². The number of nitrogens with zero attached hydrogens (tertiary/aromatic N) is 5. The minimum Gasteiger partial charge on any atom is -0.355 e. The summed E-state index contributed by atoms with van der Waals surface area (Å²) in [5, 5.41) is 4.53. The molecule has 1 aliphatic carbocycles. The quantitative estimate of drug-likeness (QED) is 0.481. The van der Waals surface area contributed by atoms with Crippen molar-refractivity contribution in [1.29, 1.82) is 0 Å². The number of anilines is 1. The number of rotatable bonds is 2. The van der Waals surface area contributed by atoms with Crippen molar-refractivity contribution in [3.8, 4) is 11.3 Å². The van der Waals surface area contributed by atoms with Gasteiger partial charge in [-0.3, -0.25) is 4.98 Å². The van der Waals surface area contributed by atoms with Gasteiger partial charge in [0.2, 0.25) is 0 Å². The highest BCUT2D eigenvalue weighted by Gasteiger charge is 2.41. The minimum atomic E-state index is -0.258. The van der Waals surface area contributed by atoms with Gasteiger partial charge in [0.15, 0.2) is 5.82 Å². The molecule has 0 unspecified atom stereocenters. The number of hydrogen-bond acceptors (Lipinski definition) is 4. The third kappa shape index (κ3) is 2.92. The Morgan fingerprint density at radius 2 is 1.81 bits per heavy atom. The molecule has 0 radical (unpaired) electrons. The lowest BCUT2D eigenvalue weighted by molar-refractivity contribution is 0.231. The highest BCUT2D eigenvalue weighted by molar-refractivity contribution is 5.75. The van der Waals surface area contributed by atoms with Gasteiger partial charge in [0.25, 0.3) is 0 Å². The van der Waals surface area contributed by atoms with Crippen molar-refractivity contribution in [3.63, 3.8) is 0 Å². The second kappa shape index (κ2) is 6.87. The summed E-state index contributed by atoms with van der Waals surface area (Å²) in [4.78, 5) is 11.9. The van der Waals surface area contributed by atoms with E-state index in [9.17, 15) is 4.39 Å². The number of halogens is 1. The Bertz CT molecular complexity index is 1260. The third-order valence-corrected chi connectivity index (χ3v) is 7.04. The van der Waals surface area contributed by atoms with Gasteiger partial charge in [0, 0.05) is 30.5 Å². The number of benzene rings is 1. The summed E-state index contributed by atoms with van der Waals surface area (Å²) in [5.74, 6) is 0.685. The highest BCUT2D eigenvalue weighted by Crippen LogP contribution is 2.45. The molecule has 2 aliphatic rings. The van der Waals surface area contributed by atoms with Crippen molar-refractivity contribution in [2.24, 2.45) is 5.41 Å². The zero-order chi connectivity index (χ0) is 21.0. The number of hydrogen-bond donors (Lipinski definition) is 0. The smallest absolute Gasteiger partial charge is 0.155 e. The zero-order valence-electron chi connectivity index (χ0n) is 17.6. The molecule has 0 N–H and O–H groups in total. The summed E-state index contributed by atoms with van der Waals surface area (Å²) < 4.78 is 16.4. The van der Waals surface area contributed by atoms with E-state index in [0.717, 1.165) is 55.8 Å². The van der Waals surface area contributed by atoms with Crippen molar-refractivity contribution < 1.29 is 4.39 Å². The summed E-state index contributed by atoms with van der Waals surface area (Å²) in [6.45, 7) is 3.86. The fourth-order valence-corrected chi connectivity index (χ4v) is 5.43. The van der Waals surface area contributed by atoms with Gasteiger partial charge in [-0.1, -0.05) is 18.2 Å². The Labute approximate surface area is 180 Å². The van der Waals surface area contributed by atoms with E-state index in [-0.39, 0.29) is 5.82 Å². The van der Waals surface area contributed by atoms with Gasteiger partial charge < -0.3 is 4.90 Å². The molecule has 3 aromatic heterocycles. The molecular weight excluding hydrogens is 389 g/mol. The Kier molecular flexibility index (Phi) is 4.10. The van der Waals surface area contributed by atoms with Gasteiger partial charge in [-0.05, 0) is 67.9 Å². The number of fused-ring (bicyclic) bond motifs is 2. The van der Waals surface area contributed by atoms with Crippen molar-refractivity contribution in [1.82, 2.24) is 19.6 Å². The van der Waals surface area contributed by atoms with Crippen LogP contribution < -0.4 is 4.90 Å². The maximum absolute atomic E-state index is 14.5. The molecule has 4 heterocycles. The van der Waals surface area contributed by atoms with Crippen LogP contribution in [0.2, 0.25) is 0 Å². The lowest BCUT2D eigenvalue weighted by Gasteiger charge is -2.40. The second-order valence-electron chi connectivity index (χ2n) is 8.93. The Morgan fingerprint density at radius 3 is 2.61 bits per heavy atom. The minimum absolute atomic E-state index is 0.258. The predicted molar refractivity (Wildman–Crippen MR) is 119 cm³/mol. The van der Waals surface area contributed by atoms with E-state index in [2.05, 4.69) is 21.0 Å². The average molecular weight is 414 g/mol. The van der Waals surface area contributed by atoms with Gasteiger partial charge >= 0.3 is 0 Å². The summed E-state index contributed by atoms with van der Waals surface area (Å²) in [6, 6.07) is 13.1. The fraction of sp³-hybridized carbons (Fsp3) is 0.320. The first kappa shape index (κ1) is 18.5. The molecule has 0 amide bonds. The molecule has 1 saturated heterocycles. The molecule has 1 aliphatic heterocycles. The number of aryl methyl sites for hydroxylation is 1. The van der Waals surface area contributed by atoms with Crippen molar-refractivity contribution >= 4 is 11.3 Å². The summed E-state index contributed by atoms with van der Waals surface area (Å²) in [7, 11) is 0. The molecule has 6 rings (SSSR count). The molecule has 1 aromatic carbocycles. The molecule has 6 heteroatoms. The van der Waals surface area contributed by atoms with E-state index in [1.165, 1.54) is 17.3 Å². The third-order valence-electron chi connectivity index (χ3n) is 7.04. The van der Waals surface area contributed by atoms with Crippen LogP contribution in [0.3, 0.4) is 0 Å². The molecular formula is C25H24FN5. The lowest BCUT2D eigenvalue weighted by Crippen LogP contribution is -2.41. The first-order valence-corrected chi connectivity index (χ1v) is 10.9. The first-order valence-electron chi connectivity index (χ1n) is 10.9. The molecule has 0 saturated carbocycles. The van der Waals surface area contributed by atoms with Gasteiger partial charge in [-0.15, -0.1) is 0 Å². The van der Waals surface area contributed by atoms with E-state index in [1.807, 2.05) is 35.8 Å². The Hall–Kier alpha value is -3.28. The Morgan fingerprint density at radius 1 is 0.968 bits per heavy atom. The molecule has 1 fully saturated rings. The SMILES string of the molecule is Cc1nc(N2CCC3(CC2)Cc2cccnc2C3)c2ccnn2c1-c1ccccc1F. The standard InChI is InChI=1S/C25H24FN5/c1-17-23(19-6-2-3-7-20(19)26)31-22(8-12-28-31)24(29-17)30-13-9-25(10-14-30)15-18-5-4-11-27-21(18)16-25/h2-8,11-12H,9-10,13-16H2,1H3. The zero-order valence-corrected chi connectivity index (χ0v) is 17.6. The highest BCUT2D eigenvalue weighted by atomic mass is 19.1. The van der Waals surface area contributed by atoms with Crippen LogP contribution in [0.1, 0.15) is 29.8 Å². The van der Waals surface area contributed by atoms with Crippen molar-refractivity contribution in [3.05, 3.63) is 77.6 Å². The van der Waals surface area contributed by atoms with Crippen LogP contribution in [0.5, 0.6) is 0 Å². The molecule has 156 valence electrons. The number of pyridine rings is 1. The molecule has 4 aromatic rings. The van der Waals surface area contributed by atoms with E-state index >= 15 is 0 Å². The predicted octanol–water partition coefficient (Wildman–Crippen LogP) is 4.62. The van der Waals surface area contributed by atoms with Crippen LogP contribution in [-0.4, -0.2) is 32.7 Å². The maximum atomic E-state index is 14.5. The van der Waals surface area contributed by atoms with Crippen LogP contribution >= 0.6 is 0 Å². The maximum Gasteiger partial charge on any atom is 0.155 e. The normalized spacial score (nSPS) is 17.4. The van der Waals surface area contributed by atoms with Crippen molar-refractivity contribution in [2.75, 3.05) is 18.0 Å². The molecule has 5 nitrogen and oxygen atoms in total. The summed E-state index contributed by atoms with van der Waals surface area (Å²) >= 11 is 0. The van der Waals surface area contributed by atoms with Crippen LogP contribution in [-0.2, 0) is 12.8 Å². The van der Waals surface area contributed by atoms with Crippen LogP contribution in [0.4, 0.5) is 10.2 Å². The second-order valence-corrected chi connectivity index (χ2v) is 8.93. The van der Waals surface area contributed by atoms with Gasteiger partial charge in [0.05, 0.1) is 17.6 Å². The lowest BCUT2D eigenvalue weighted by atomic mass is 9.76. The van der Waals surface area contributed by atoms with Crippen LogP contribution in [0, 0.1) is 18.2 Å². The Balaban J connectivity index is 1.33. The molecule has 0 atom stereocenters. The van der Waals surface area contributed by atoms with E-state index in [0.29, 0.717) is 16.7 Å². The van der Waals surface area contributed by atoms with E-state index < -0.39 is 0 Å². The topological polar surface area (TPSA) is 46.3 Å². The molecule has 0 bridgehead atoms. The van der Waals surface area contributed by atoms with Gasteiger partial charge in [-0.2, -0.15) is 5.10 Å². The largest absolute Gasteiger partial charge is 0.355 e. The average Bonchev–Trinajstić information content (AvgIpc) is 3.39. The summed E-state index contributed by atoms with van der Waals surface area (Å²) in [6.07, 6.45) is 8.14. The number of aromatic nitrogens is 4. The monoisotopic (exact) mass is 413 g/mol. The van der Waals surface area contributed by atoms with E-state index in [1.54, 1.807) is 18.3 Å². The van der Waals surface area contributed by atoms with Gasteiger partial charge in [-0.25, -0.2) is 13.9 Å². The molecule has 31 heavy (non-hydrogen) atoms. The van der Waals surface area contributed by atoms with Crippen molar-refractivity contribution in [2.45, 2.75) is 32.6 Å². The van der Waals surface area contributed by atoms with Gasteiger partial charge in [0.1, 0.15) is 11.3 Å². The first-order chi connectivity index (χ1) is 15.1. The molecule has 1 spiro atoms. The fourth-order valence-electron chi connectivity index (χ4n) is 5.43.